The molecule has 7 heteroatoms. The second-order valence-electron chi connectivity index (χ2n) is 6.01. The number of pyridine rings is 1. The van der Waals surface area contributed by atoms with E-state index >= 15 is 0 Å². The number of hydrogen-bond acceptors (Lipinski definition) is 4. The van der Waals surface area contributed by atoms with Crippen molar-refractivity contribution >= 4 is 17.5 Å². The SMILES string of the molecule is Cc1nc(C(=O)N2CCC[C@@H]2c2c(C)nn(C)c2Cl)ccc1C#N. The minimum atomic E-state index is -0.135. The summed E-state index contributed by atoms with van der Waals surface area (Å²) in [5, 5.41) is 13.9. The molecule has 0 spiro atoms. The molecule has 0 aromatic carbocycles. The highest BCUT2D eigenvalue weighted by Crippen LogP contribution is 2.38. The van der Waals surface area contributed by atoms with Crippen LogP contribution in [0.2, 0.25) is 5.15 Å². The first-order valence-electron chi connectivity index (χ1n) is 7.81. The van der Waals surface area contributed by atoms with Gasteiger partial charge in [0.15, 0.2) is 0 Å². The number of nitriles is 1. The lowest BCUT2D eigenvalue weighted by molar-refractivity contribution is 0.0729. The van der Waals surface area contributed by atoms with Crippen LogP contribution < -0.4 is 0 Å². The summed E-state index contributed by atoms with van der Waals surface area (Å²) in [6, 6.07) is 5.23. The molecular weight excluding hydrogens is 326 g/mol. The van der Waals surface area contributed by atoms with Crippen LogP contribution in [0, 0.1) is 25.2 Å². The Balaban J connectivity index is 1.95. The van der Waals surface area contributed by atoms with Gasteiger partial charge in [-0.05, 0) is 38.8 Å². The fourth-order valence-electron chi connectivity index (χ4n) is 3.28. The summed E-state index contributed by atoms with van der Waals surface area (Å²) in [6.07, 6.45) is 1.77. The van der Waals surface area contributed by atoms with Crippen molar-refractivity contribution in [3.63, 3.8) is 0 Å². The molecule has 1 aliphatic heterocycles. The molecule has 3 rings (SSSR count). The van der Waals surface area contributed by atoms with Gasteiger partial charge in [-0.3, -0.25) is 9.48 Å². The zero-order valence-electron chi connectivity index (χ0n) is 13.9. The van der Waals surface area contributed by atoms with Gasteiger partial charge >= 0.3 is 0 Å². The topological polar surface area (TPSA) is 74.8 Å². The van der Waals surface area contributed by atoms with Gasteiger partial charge in [0, 0.05) is 19.2 Å². The maximum absolute atomic E-state index is 12.9. The van der Waals surface area contributed by atoms with E-state index in [1.165, 1.54) is 0 Å². The molecule has 0 bridgehead atoms. The average Bonchev–Trinajstić information content (AvgIpc) is 3.11. The summed E-state index contributed by atoms with van der Waals surface area (Å²) in [5.41, 5.74) is 3.16. The highest BCUT2D eigenvalue weighted by Gasteiger charge is 2.35. The van der Waals surface area contributed by atoms with Crippen molar-refractivity contribution in [2.75, 3.05) is 6.54 Å². The van der Waals surface area contributed by atoms with Gasteiger partial charge in [-0.15, -0.1) is 0 Å². The molecule has 6 nitrogen and oxygen atoms in total. The Bertz CT molecular complexity index is 851. The van der Waals surface area contributed by atoms with Crippen LogP contribution in [0.15, 0.2) is 12.1 Å². The van der Waals surface area contributed by atoms with Gasteiger partial charge in [-0.25, -0.2) is 4.98 Å². The smallest absolute Gasteiger partial charge is 0.272 e. The molecule has 3 heterocycles. The summed E-state index contributed by atoms with van der Waals surface area (Å²) in [4.78, 5) is 19.0. The number of rotatable bonds is 2. The Labute approximate surface area is 145 Å². The van der Waals surface area contributed by atoms with E-state index in [1.54, 1.807) is 30.8 Å². The Morgan fingerprint density at radius 2 is 2.12 bits per heavy atom. The van der Waals surface area contributed by atoms with Crippen LogP contribution in [0.25, 0.3) is 0 Å². The second-order valence-corrected chi connectivity index (χ2v) is 6.37. The van der Waals surface area contributed by atoms with E-state index in [0.29, 0.717) is 28.6 Å². The zero-order valence-corrected chi connectivity index (χ0v) is 14.6. The second kappa shape index (κ2) is 6.25. The van der Waals surface area contributed by atoms with E-state index in [2.05, 4.69) is 16.2 Å². The Hall–Kier alpha value is -2.39. The normalized spacial score (nSPS) is 17.1. The van der Waals surface area contributed by atoms with Crippen molar-refractivity contribution in [2.24, 2.45) is 7.05 Å². The minimum absolute atomic E-state index is 0.0866. The van der Waals surface area contributed by atoms with Crippen LogP contribution in [0.1, 0.15) is 51.9 Å². The molecule has 2 aromatic rings. The predicted octanol–water partition coefficient (Wildman–Crippen LogP) is 2.93. The zero-order chi connectivity index (χ0) is 17.4. The van der Waals surface area contributed by atoms with E-state index < -0.39 is 0 Å². The molecule has 0 aliphatic carbocycles. The Kier molecular flexibility index (Phi) is 4.29. The number of carbonyl (C=O) groups is 1. The van der Waals surface area contributed by atoms with Crippen molar-refractivity contribution in [2.45, 2.75) is 32.7 Å². The lowest BCUT2D eigenvalue weighted by atomic mass is 10.1. The predicted molar refractivity (Wildman–Crippen MR) is 89.7 cm³/mol. The van der Waals surface area contributed by atoms with Gasteiger partial charge in [0.25, 0.3) is 5.91 Å². The average molecular weight is 344 g/mol. The minimum Gasteiger partial charge on any atom is -0.330 e. The molecule has 1 atom stereocenters. The standard InChI is InChI=1S/C17H18ClN5O/c1-10-12(9-19)6-7-13(20-10)17(24)23-8-4-5-14(23)15-11(2)21-22(3)16(15)18/h6-7,14H,4-5,8H2,1-3H3/t14-/m1/s1. The Morgan fingerprint density at radius 3 is 2.71 bits per heavy atom. The van der Waals surface area contributed by atoms with Crippen molar-refractivity contribution < 1.29 is 4.79 Å². The van der Waals surface area contributed by atoms with Gasteiger partial charge < -0.3 is 4.90 Å². The van der Waals surface area contributed by atoms with E-state index in [4.69, 9.17) is 16.9 Å². The fourth-order valence-corrected chi connectivity index (χ4v) is 3.58. The van der Waals surface area contributed by atoms with Crippen LogP contribution >= 0.6 is 11.6 Å². The molecule has 2 aromatic heterocycles. The number of amides is 1. The van der Waals surface area contributed by atoms with Crippen LogP contribution in [-0.4, -0.2) is 32.1 Å². The van der Waals surface area contributed by atoms with Crippen LogP contribution in [0.5, 0.6) is 0 Å². The molecule has 24 heavy (non-hydrogen) atoms. The number of nitrogens with zero attached hydrogens (tertiary/aromatic N) is 5. The van der Waals surface area contributed by atoms with Gasteiger partial charge in [-0.2, -0.15) is 10.4 Å². The molecule has 0 saturated carbocycles. The first-order chi connectivity index (χ1) is 11.4. The summed E-state index contributed by atoms with van der Waals surface area (Å²) < 4.78 is 1.64. The van der Waals surface area contributed by atoms with E-state index in [-0.39, 0.29) is 11.9 Å². The van der Waals surface area contributed by atoms with E-state index in [9.17, 15) is 4.79 Å². The van der Waals surface area contributed by atoms with Gasteiger partial charge in [0.05, 0.1) is 23.0 Å². The summed E-state index contributed by atoms with van der Waals surface area (Å²) in [7, 11) is 1.80. The lowest BCUT2D eigenvalue weighted by Gasteiger charge is -2.24. The highest BCUT2D eigenvalue weighted by atomic mass is 35.5. The molecule has 1 fully saturated rings. The van der Waals surface area contributed by atoms with Crippen LogP contribution in [0.4, 0.5) is 0 Å². The highest BCUT2D eigenvalue weighted by molar-refractivity contribution is 6.30. The third kappa shape index (κ3) is 2.65. The lowest BCUT2D eigenvalue weighted by Crippen LogP contribution is -2.31. The summed E-state index contributed by atoms with van der Waals surface area (Å²) in [6.45, 7) is 4.31. The number of carbonyl (C=O) groups excluding carboxylic acids is 1. The fraction of sp³-hybridized carbons (Fsp3) is 0.412. The van der Waals surface area contributed by atoms with E-state index in [0.717, 1.165) is 24.1 Å². The van der Waals surface area contributed by atoms with Crippen molar-refractivity contribution in [3.05, 3.63) is 45.5 Å². The van der Waals surface area contributed by atoms with Gasteiger partial charge in [0.1, 0.15) is 16.9 Å². The maximum atomic E-state index is 12.9. The molecule has 124 valence electrons. The number of aryl methyl sites for hydroxylation is 3. The third-order valence-corrected chi connectivity index (χ3v) is 4.92. The molecule has 1 amide bonds. The quantitative estimate of drug-likeness (QED) is 0.840. The number of halogens is 1. The van der Waals surface area contributed by atoms with Gasteiger partial charge in [0.2, 0.25) is 0 Å². The molecule has 0 radical (unpaired) electrons. The third-order valence-electron chi connectivity index (χ3n) is 4.47. The van der Waals surface area contributed by atoms with Gasteiger partial charge in [-0.1, -0.05) is 11.6 Å². The first-order valence-corrected chi connectivity index (χ1v) is 8.19. The first kappa shape index (κ1) is 16.5. The number of likely N-dealkylation sites (tertiary alicyclic amines) is 1. The van der Waals surface area contributed by atoms with E-state index in [1.807, 2.05) is 11.8 Å². The molecular formula is C17H18ClN5O. The van der Waals surface area contributed by atoms with Crippen molar-refractivity contribution in [3.8, 4) is 6.07 Å². The van der Waals surface area contributed by atoms with Crippen LogP contribution in [-0.2, 0) is 7.05 Å². The van der Waals surface area contributed by atoms with Crippen molar-refractivity contribution in [1.82, 2.24) is 19.7 Å². The Morgan fingerprint density at radius 1 is 1.38 bits per heavy atom. The molecule has 1 aliphatic rings. The molecule has 0 unspecified atom stereocenters. The van der Waals surface area contributed by atoms with Crippen LogP contribution in [0.3, 0.4) is 0 Å². The summed E-state index contributed by atoms with van der Waals surface area (Å²) in [5.74, 6) is -0.135. The van der Waals surface area contributed by atoms with Crippen molar-refractivity contribution in [1.29, 1.82) is 5.26 Å². The maximum Gasteiger partial charge on any atom is 0.272 e. The molecule has 1 saturated heterocycles. The largest absolute Gasteiger partial charge is 0.330 e. The monoisotopic (exact) mass is 343 g/mol. The number of hydrogen-bond donors (Lipinski definition) is 0. The number of aromatic nitrogens is 3. The molecule has 0 N–H and O–H groups in total. The summed E-state index contributed by atoms with van der Waals surface area (Å²) >= 11 is 6.39.